The van der Waals surface area contributed by atoms with Gasteiger partial charge in [-0.1, -0.05) is 60.1 Å². The van der Waals surface area contributed by atoms with Gasteiger partial charge in [-0.15, -0.1) is 0 Å². The third kappa shape index (κ3) is 6.75. The van der Waals surface area contributed by atoms with Crippen molar-refractivity contribution in [2.24, 2.45) is 5.92 Å². The van der Waals surface area contributed by atoms with Crippen LogP contribution in [-0.4, -0.2) is 26.1 Å². The fourth-order valence-corrected chi connectivity index (χ4v) is 4.43. The summed E-state index contributed by atoms with van der Waals surface area (Å²) in [5, 5.41) is 6.49. The highest BCUT2D eigenvalue weighted by molar-refractivity contribution is 9.10. The third-order valence-electron chi connectivity index (χ3n) is 5.68. The highest BCUT2D eigenvalue weighted by Crippen LogP contribution is 2.37. The predicted molar refractivity (Wildman–Crippen MR) is 139 cm³/mol. The van der Waals surface area contributed by atoms with Gasteiger partial charge >= 0.3 is 0 Å². The number of hydrogen-bond donors (Lipinski definition) is 2. The number of hydrogen-bond acceptors (Lipinski definition) is 4. The van der Waals surface area contributed by atoms with E-state index in [2.05, 4.69) is 44.8 Å². The van der Waals surface area contributed by atoms with E-state index in [1.165, 1.54) is 12.8 Å². The van der Waals surface area contributed by atoms with Crippen LogP contribution in [0.2, 0.25) is 5.02 Å². The Bertz CT molecular complexity index is 1110. The van der Waals surface area contributed by atoms with E-state index in [0.717, 1.165) is 32.5 Å². The lowest BCUT2D eigenvalue weighted by molar-refractivity contribution is -0.109. The second-order valence-electron chi connectivity index (χ2n) is 8.33. The minimum Gasteiger partial charge on any atom is -0.493 e. The molecule has 0 atom stereocenters. The number of benzene rings is 3. The van der Waals surface area contributed by atoms with Crippen molar-refractivity contribution in [3.8, 4) is 22.6 Å². The van der Waals surface area contributed by atoms with Crippen molar-refractivity contribution in [1.29, 1.82) is 0 Å². The number of halogens is 2. The topological polar surface area (TPSA) is 59.6 Å². The molecule has 0 aliphatic heterocycles. The standard InChI is InChI=1S/C27H28BrClN2O3/c28-27-21(7-4-8-23(27)20-5-2-1-3-6-20)17-34-26-14-25(33-16-19-9-10-19)22(13-24(26)29)15-30-11-12-31-18-32/h1-8,13-14,18-19,30H,9-12,15-17H2,(H,31,32). The Kier molecular flexibility index (Phi) is 8.85. The van der Waals surface area contributed by atoms with Gasteiger partial charge in [0.1, 0.15) is 18.1 Å². The molecule has 1 amide bonds. The molecule has 0 spiro atoms. The normalized spacial score (nSPS) is 12.9. The van der Waals surface area contributed by atoms with Crippen molar-refractivity contribution >= 4 is 33.9 Å². The molecule has 0 radical (unpaired) electrons. The zero-order valence-corrected chi connectivity index (χ0v) is 21.2. The van der Waals surface area contributed by atoms with Crippen LogP contribution in [0.25, 0.3) is 11.1 Å². The minimum absolute atomic E-state index is 0.373. The van der Waals surface area contributed by atoms with Gasteiger partial charge in [0.2, 0.25) is 6.41 Å². The van der Waals surface area contributed by atoms with Crippen molar-refractivity contribution in [2.45, 2.75) is 26.0 Å². The van der Waals surface area contributed by atoms with E-state index in [-0.39, 0.29) is 0 Å². The molecule has 0 bridgehead atoms. The monoisotopic (exact) mass is 542 g/mol. The summed E-state index contributed by atoms with van der Waals surface area (Å²) in [6, 6.07) is 20.2. The molecule has 1 saturated carbocycles. The molecule has 0 saturated heterocycles. The van der Waals surface area contributed by atoms with Gasteiger partial charge in [-0.3, -0.25) is 4.79 Å². The molecule has 178 valence electrons. The molecular weight excluding hydrogens is 516 g/mol. The SMILES string of the molecule is O=CNCCNCc1cc(Cl)c(OCc2cccc(-c3ccccc3)c2Br)cc1OCC1CC1. The van der Waals surface area contributed by atoms with Crippen LogP contribution >= 0.6 is 27.5 Å². The van der Waals surface area contributed by atoms with Crippen molar-refractivity contribution < 1.29 is 14.3 Å². The molecule has 34 heavy (non-hydrogen) atoms. The van der Waals surface area contributed by atoms with E-state index in [4.69, 9.17) is 21.1 Å². The van der Waals surface area contributed by atoms with Crippen LogP contribution in [0.4, 0.5) is 0 Å². The van der Waals surface area contributed by atoms with Crippen molar-refractivity contribution in [3.05, 3.63) is 81.3 Å². The average molecular weight is 544 g/mol. The van der Waals surface area contributed by atoms with Gasteiger partial charge in [-0.2, -0.15) is 0 Å². The Hall–Kier alpha value is -2.54. The summed E-state index contributed by atoms with van der Waals surface area (Å²) in [5.41, 5.74) is 4.26. The lowest BCUT2D eigenvalue weighted by atomic mass is 10.0. The van der Waals surface area contributed by atoms with E-state index in [1.54, 1.807) is 0 Å². The van der Waals surface area contributed by atoms with Gasteiger partial charge in [-0.25, -0.2) is 0 Å². The van der Waals surface area contributed by atoms with Crippen molar-refractivity contribution in [2.75, 3.05) is 19.7 Å². The molecule has 4 rings (SSSR count). The first-order valence-corrected chi connectivity index (χ1v) is 12.6. The van der Waals surface area contributed by atoms with Crippen LogP contribution in [0.15, 0.2) is 65.1 Å². The Balaban J connectivity index is 1.48. The quantitative estimate of drug-likeness (QED) is 0.206. The maximum absolute atomic E-state index is 10.4. The van der Waals surface area contributed by atoms with Gasteiger partial charge in [0.25, 0.3) is 0 Å². The number of carbonyl (C=O) groups excluding carboxylic acids is 1. The third-order valence-corrected chi connectivity index (χ3v) is 6.91. The van der Waals surface area contributed by atoms with Crippen molar-refractivity contribution in [1.82, 2.24) is 10.6 Å². The second kappa shape index (κ2) is 12.2. The molecule has 5 nitrogen and oxygen atoms in total. The van der Waals surface area contributed by atoms with Gasteiger partial charge in [-0.05, 0) is 51.9 Å². The molecule has 1 fully saturated rings. The van der Waals surface area contributed by atoms with Gasteiger partial charge in [0.05, 0.1) is 11.6 Å². The largest absolute Gasteiger partial charge is 0.493 e. The summed E-state index contributed by atoms with van der Waals surface area (Å²) in [5.74, 6) is 2.00. The van der Waals surface area contributed by atoms with Crippen LogP contribution in [0.3, 0.4) is 0 Å². The minimum atomic E-state index is 0.373. The highest BCUT2D eigenvalue weighted by Gasteiger charge is 2.23. The average Bonchev–Trinajstić information content (AvgIpc) is 3.68. The molecule has 0 heterocycles. The number of ether oxygens (including phenoxy) is 2. The smallest absolute Gasteiger partial charge is 0.207 e. The Morgan fingerprint density at radius 1 is 0.971 bits per heavy atom. The first-order chi connectivity index (χ1) is 16.7. The van der Waals surface area contributed by atoms with Gasteiger partial charge in [0.15, 0.2) is 0 Å². The Labute approximate surface area is 213 Å². The number of rotatable bonds is 13. The zero-order valence-electron chi connectivity index (χ0n) is 18.9. The molecular formula is C27H28BrClN2O3. The number of carbonyl (C=O) groups is 1. The Morgan fingerprint density at radius 3 is 2.56 bits per heavy atom. The van der Waals surface area contributed by atoms with Gasteiger partial charge < -0.3 is 20.1 Å². The molecule has 0 aromatic heterocycles. The zero-order chi connectivity index (χ0) is 23.8. The Morgan fingerprint density at radius 2 is 1.79 bits per heavy atom. The summed E-state index contributed by atoms with van der Waals surface area (Å²) >= 11 is 10.4. The predicted octanol–water partition coefficient (Wildman–Crippen LogP) is 5.97. The summed E-state index contributed by atoms with van der Waals surface area (Å²) in [6.45, 7) is 2.88. The van der Waals surface area contributed by atoms with E-state index in [1.807, 2.05) is 42.5 Å². The lowest BCUT2D eigenvalue weighted by Crippen LogP contribution is -2.26. The first kappa shape index (κ1) is 24.6. The van der Waals surface area contributed by atoms with E-state index < -0.39 is 0 Å². The van der Waals surface area contributed by atoms with E-state index in [0.29, 0.717) is 55.9 Å². The second-order valence-corrected chi connectivity index (χ2v) is 9.53. The maximum Gasteiger partial charge on any atom is 0.207 e. The summed E-state index contributed by atoms with van der Waals surface area (Å²) in [4.78, 5) is 10.4. The molecule has 0 unspecified atom stereocenters. The molecule has 1 aliphatic carbocycles. The lowest BCUT2D eigenvalue weighted by Gasteiger charge is -2.17. The molecule has 3 aromatic rings. The van der Waals surface area contributed by atoms with Crippen LogP contribution in [0.1, 0.15) is 24.0 Å². The number of amides is 1. The summed E-state index contributed by atoms with van der Waals surface area (Å²) in [7, 11) is 0. The van der Waals surface area contributed by atoms with E-state index >= 15 is 0 Å². The highest BCUT2D eigenvalue weighted by atomic mass is 79.9. The van der Waals surface area contributed by atoms with Crippen LogP contribution < -0.4 is 20.1 Å². The summed E-state index contributed by atoms with van der Waals surface area (Å²) < 4.78 is 13.3. The molecule has 1 aliphatic rings. The molecule has 7 heteroatoms. The fraction of sp³-hybridized carbons (Fsp3) is 0.296. The number of nitrogens with one attached hydrogen (secondary N) is 2. The molecule has 3 aromatic carbocycles. The van der Waals surface area contributed by atoms with Crippen molar-refractivity contribution in [3.63, 3.8) is 0 Å². The first-order valence-electron chi connectivity index (χ1n) is 11.4. The summed E-state index contributed by atoms with van der Waals surface area (Å²) in [6.07, 6.45) is 3.13. The van der Waals surface area contributed by atoms with E-state index in [9.17, 15) is 4.79 Å². The van der Waals surface area contributed by atoms with Crippen LogP contribution in [-0.2, 0) is 17.9 Å². The van der Waals surface area contributed by atoms with Crippen LogP contribution in [0, 0.1) is 5.92 Å². The fourth-order valence-electron chi connectivity index (χ4n) is 3.58. The van der Waals surface area contributed by atoms with Crippen LogP contribution in [0.5, 0.6) is 11.5 Å². The van der Waals surface area contributed by atoms with Gasteiger partial charge in [0, 0.05) is 41.3 Å². The molecule has 2 N–H and O–H groups in total. The maximum atomic E-state index is 10.4.